The third kappa shape index (κ3) is 4.53. The number of hydrogen-bond acceptors (Lipinski definition) is 4. The third-order valence-corrected chi connectivity index (χ3v) is 11.2. The van der Waals surface area contributed by atoms with Crippen molar-refractivity contribution in [2.45, 2.75) is 52.9 Å². The highest BCUT2D eigenvalue weighted by Gasteiger charge is 2.48. The molecule has 0 radical (unpaired) electrons. The molecule has 0 amide bonds. The summed E-state index contributed by atoms with van der Waals surface area (Å²) in [4.78, 5) is 2.62. The molecule has 3 aromatic rings. The molecule has 6 nitrogen and oxygen atoms in total. The van der Waals surface area contributed by atoms with Crippen molar-refractivity contribution >= 4 is 35.4 Å². The molecular weight excluding hydrogens is 495 g/mol. The first kappa shape index (κ1) is 24.4. The lowest BCUT2D eigenvalue weighted by Crippen LogP contribution is -2.36. The van der Waals surface area contributed by atoms with Gasteiger partial charge in [0.15, 0.2) is 6.34 Å². The largest absolute Gasteiger partial charge is 0.374 e. The van der Waals surface area contributed by atoms with Crippen LogP contribution in [0, 0.1) is 12.3 Å². The second-order valence-electron chi connectivity index (χ2n) is 11.1. The molecule has 6 rings (SSSR count). The molecule has 8 heteroatoms. The van der Waals surface area contributed by atoms with E-state index in [-0.39, 0.29) is 5.41 Å². The second kappa shape index (κ2) is 9.45. The molecule has 2 aliphatic heterocycles. The number of piperidine rings is 1. The van der Waals surface area contributed by atoms with Gasteiger partial charge in [-0.1, -0.05) is 50.2 Å². The molecule has 3 heterocycles. The normalized spacial score (nSPS) is 23.2. The third-order valence-electron chi connectivity index (χ3n) is 7.45. The number of nitrogens with zero attached hydrogens (tertiary/aromatic N) is 5. The van der Waals surface area contributed by atoms with E-state index in [2.05, 4.69) is 71.1 Å². The van der Waals surface area contributed by atoms with Gasteiger partial charge in [0.1, 0.15) is 5.82 Å². The molecule has 1 atom stereocenters. The topological polar surface area (TPSA) is 48.7 Å². The van der Waals surface area contributed by atoms with E-state index < -0.39 is 6.34 Å². The van der Waals surface area contributed by atoms with E-state index in [4.69, 9.17) is 22.0 Å². The minimum Gasteiger partial charge on any atom is -0.374 e. The minimum atomic E-state index is -2.58. The van der Waals surface area contributed by atoms with Gasteiger partial charge in [-0.15, -0.1) is 0 Å². The van der Waals surface area contributed by atoms with Gasteiger partial charge in [0.2, 0.25) is 0 Å². The zero-order chi connectivity index (χ0) is 25.6. The maximum absolute atomic E-state index is 6.78. The number of aryl methyl sites for hydroxylation is 1. The molecule has 1 aromatic heterocycles. The Labute approximate surface area is 225 Å². The molecule has 37 heavy (non-hydrogen) atoms. The lowest BCUT2D eigenvalue weighted by atomic mass is 9.78. The predicted octanol–water partition coefficient (Wildman–Crippen LogP) is 7.30. The summed E-state index contributed by atoms with van der Waals surface area (Å²) in [6.07, 6.45) is 3.16. The first-order chi connectivity index (χ1) is 17.8. The van der Waals surface area contributed by atoms with Crippen LogP contribution < -0.4 is 9.87 Å². The Morgan fingerprint density at radius 2 is 1.54 bits per heavy atom. The monoisotopic (exact) mass is 530 g/mol. The number of nitrogens with one attached hydrogen (secondary N) is 1. The Morgan fingerprint density at radius 1 is 0.892 bits per heavy atom. The zero-order valence-corrected chi connectivity index (χ0v) is 23.6. The molecule has 1 saturated heterocycles. The summed E-state index contributed by atoms with van der Waals surface area (Å²) in [5.41, 5.74) is 5.71. The molecule has 192 valence electrons. The van der Waals surface area contributed by atoms with E-state index in [0.717, 1.165) is 54.5 Å². The van der Waals surface area contributed by atoms with Crippen LogP contribution in [0.1, 0.15) is 51.6 Å². The van der Waals surface area contributed by atoms with Crippen molar-refractivity contribution in [2.75, 3.05) is 23.0 Å². The standard InChI is InChI=1S/C29H35N6PS/c1-22-19-27(34(30-22)23-13-7-4-8-14-23)32-36(37)28-25(31-35(36)24-15-9-5-10-16-24)20-29(2,3)21-26(28)33-17-11-6-12-18-33/h4-5,7-10,13-16,19H,6,11-12,17-18,20-21H2,1-3H3,(H,32,37). The summed E-state index contributed by atoms with van der Waals surface area (Å²) in [5.74, 6) is 0.916. The molecular formula is C29H35N6PS. The van der Waals surface area contributed by atoms with Crippen molar-refractivity contribution in [2.24, 2.45) is 10.5 Å². The lowest BCUT2D eigenvalue weighted by Gasteiger charge is -2.41. The van der Waals surface area contributed by atoms with E-state index in [9.17, 15) is 0 Å². The van der Waals surface area contributed by atoms with Gasteiger partial charge in [-0.3, -0.25) is 0 Å². The number of benzene rings is 2. The predicted molar refractivity (Wildman–Crippen MR) is 158 cm³/mol. The van der Waals surface area contributed by atoms with Crippen molar-refractivity contribution in [1.29, 1.82) is 0 Å². The van der Waals surface area contributed by atoms with Gasteiger partial charge in [-0.25, -0.2) is 9.46 Å². The molecule has 2 aromatic carbocycles. The number of allylic oxidation sites excluding steroid dienone is 2. The van der Waals surface area contributed by atoms with Crippen LogP contribution in [0.15, 0.2) is 82.8 Å². The first-order valence-electron chi connectivity index (χ1n) is 13.3. The molecule has 1 fully saturated rings. The van der Waals surface area contributed by atoms with Gasteiger partial charge in [0, 0.05) is 24.9 Å². The van der Waals surface area contributed by atoms with Crippen LogP contribution in [0.5, 0.6) is 0 Å². The second-order valence-corrected chi connectivity index (χ2v) is 14.9. The highest BCUT2D eigenvalue weighted by Crippen LogP contribution is 2.67. The average Bonchev–Trinajstić information content (AvgIpc) is 3.40. The molecule has 3 aliphatic rings. The molecule has 1 unspecified atom stereocenters. The smallest absolute Gasteiger partial charge is 0.176 e. The van der Waals surface area contributed by atoms with Crippen LogP contribution in [0.25, 0.3) is 5.69 Å². The van der Waals surface area contributed by atoms with E-state index in [1.807, 2.05) is 35.9 Å². The van der Waals surface area contributed by atoms with Crippen LogP contribution in [-0.4, -0.2) is 33.5 Å². The Morgan fingerprint density at radius 3 is 2.22 bits per heavy atom. The number of hydrogen-bond donors (Lipinski definition) is 1. The quantitative estimate of drug-likeness (QED) is 0.351. The number of anilines is 2. The van der Waals surface area contributed by atoms with Gasteiger partial charge in [0.05, 0.1) is 28.1 Å². The Kier molecular flexibility index (Phi) is 6.24. The fourth-order valence-corrected chi connectivity index (χ4v) is 9.73. The van der Waals surface area contributed by atoms with Crippen molar-refractivity contribution in [3.05, 3.63) is 83.4 Å². The molecule has 0 spiro atoms. The fraction of sp³-hybridized carbons (Fsp3) is 0.379. The van der Waals surface area contributed by atoms with Gasteiger partial charge in [-0.05, 0) is 80.5 Å². The maximum atomic E-state index is 6.78. The Balaban J connectivity index is 1.53. The fourth-order valence-electron chi connectivity index (χ4n) is 5.82. The lowest BCUT2D eigenvalue weighted by molar-refractivity contribution is 0.240. The van der Waals surface area contributed by atoms with Crippen LogP contribution in [-0.2, 0) is 11.8 Å². The maximum Gasteiger partial charge on any atom is 0.176 e. The van der Waals surface area contributed by atoms with Crippen LogP contribution in [0.3, 0.4) is 0 Å². The van der Waals surface area contributed by atoms with E-state index in [1.54, 1.807) is 0 Å². The highest BCUT2D eigenvalue weighted by atomic mass is 32.4. The summed E-state index contributed by atoms with van der Waals surface area (Å²) in [6.45, 7) is 8.97. The average molecular weight is 531 g/mol. The SMILES string of the molecule is Cc1cc(NP2(=S)C3=C(N4CCCCC4)CC(C)(C)CC3=NN2c2ccccc2)n(-c2ccccc2)n1. The van der Waals surface area contributed by atoms with Crippen molar-refractivity contribution < 1.29 is 0 Å². The van der Waals surface area contributed by atoms with E-state index in [0.29, 0.717) is 0 Å². The Bertz CT molecular complexity index is 1400. The summed E-state index contributed by atoms with van der Waals surface area (Å²) in [7, 11) is 0. The van der Waals surface area contributed by atoms with Gasteiger partial charge >= 0.3 is 0 Å². The van der Waals surface area contributed by atoms with Crippen LogP contribution >= 0.6 is 6.34 Å². The number of fused-ring (bicyclic) bond motifs is 1. The van der Waals surface area contributed by atoms with Crippen molar-refractivity contribution in [3.63, 3.8) is 0 Å². The number of rotatable bonds is 5. The molecule has 1 N–H and O–H groups in total. The van der Waals surface area contributed by atoms with Crippen molar-refractivity contribution in [3.8, 4) is 5.69 Å². The van der Waals surface area contributed by atoms with Crippen LogP contribution in [0.4, 0.5) is 11.5 Å². The Hall–Kier alpha value is -2.89. The van der Waals surface area contributed by atoms with Crippen LogP contribution in [0.2, 0.25) is 0 Å². The number of aromatic nitrogens is 2. The number of likely N-dealkylation sites (tertiary alicyclic amines) is 1. The number of para-hydroxylation sites is 2. The van der Waals surface area contributed by atoms with Gasteiger partial charge < -0.3 is 9.99 Å². The van der Waals surface area contributed by atoms with Gasteiger partial charge in [-0.2, -0.15) is 10.2 Å². The first-order valence-corrected chi connectivity index (χ1v) is 16.0. The summed E-state index contributed by atoms with van der Waals surface area (Å²) in [6, 6.07) is 22.8. The van der Waals surface area contributed by atoms with E-state index in [1.165, 1.54) is 30.3 Å². The van der Waals surface area contributed by atoms with Gasteiger partial charge in [0.25, 0.3) is 0 Å². The highest BCUT2D eigenvalue weighted by molar-refractivity contribution is 8.18. The summed E-state index contributed by atoms with van der Waals surface area (Å²) < 4.78 is 4.12. The van der Waals surface area contributed by atoms with Crippen molar-refractivity contribution in [1.82, 2.24) is 14.7 Å². The molecule has 1 aliphatic carbocycles. The molecule has 0 bridgehead atoms. The number of hydrazone groups is 1. The summed E-state index contributed by atoms with van der Waals surface area (Å²) >= 11 is 6.78. The minimum absolute atomic E-state index is 0.143. The van der Waals surface area contributed by atoms with E-state index >= 15 is 0 Å². The summed E-state index contributed by atoms with van der Waals surface area (Å²) in [5, 5.41) is 15.3. The molecule has 0 saturated carbocycles. The zero-order valence-electron chi connectivity index (χ0n) is 21.9.